The molecule has 0 radical (unpaired) electrons. The number of esters is 1. The highest BCUT2D eigenvalue weighted by Crippen LogP contribution is 2.11. The van der Waals surface area contributed by atoms with Crippen LogP contribution in [-0.2, 0) is 9.53 Å². The van der Waals surface area contributed by atoms with Crippen LogP contribution >= 0.6 is 0 Å². The topological polar surface area (TPSA) is 87.0 Å². The Kier molecular flexibility index (Phi) is 5.84. The molecule has 0 aliphatic carbocycles. The molecular weight excluding hydrogens is 200 g/mol. The fourth-order valence-electron chi connectivity index (χ4n) is 0.861. The highest BCUT2D eigenvalue weighted by Gasteiger charge is 2.33. The molecular formula is C10H16O5. The summed E-state index contributed by atoms with van der Waals surface area (Å²) in [5, 5.41) is 26.4. The first-order valence-electron chi connectivity index (χ1n) is 4.58. The fraction of sp³-hybridized carbons (Fsp3) is 0.500. The molecule has 1 unspecified atom stereocenters. The van der Waals surface area contributed by atoms with Crippen LogP contribution in [0.5, 0.6) is 0 Å². The van der Waals surface area contributed by atoms with Gasteiger partial charge in [-0.1, -0.05) is 25.2 Å². The number of carbonyl (C=O) groups is 1. The first-order valence-corrected chi connectivity index (χ1v) is 4.58. The quantitative estimate of drug-likeness (QED) is 0.262. The van der Waals surface area contributed by atoms with Gasteiger partial charge in [-0.05, 0) is 13.3 Å². The maximum absolute atomic E-state index is 11.1. The number of hydrogen-bond acceptors (Lipinski definition) is 5. The number of carbonyl (C=O) groups excluding carboxylic acids is 1. The summed E-state index contributed by atoms with van der Waals surface area (Å²) in [6, 6.07) is 0. The molecule has 0 rings (SSSR count). The van der Waals surface area contributed by atoms with E-state index in [4.69, 9.17) is 15.3 Å². The summed E-state index contributed by atoms with van der Waals surface area (Å²) < 4.78 is 4.60. The molecule has 0 bridgehead atoms. The van der Waals surface area contributed by atoms with Crippen molar-refractivity contribution in [3.8, 4) is 0 Å². The van der Waals surface area contributed by atoms with Gasteiger partial charge < -0.3 is 20.1 Å². The van der Waals surface area contributed by atoms with Gasteiger partial charge >= 0.3 is 11.9 Å². The van der Waals surface area contributed by atoms with E-state index in [1.165, 1.54) is 6.08 Å². The Balaban J connectivity index is 4.26. The zero-order valence-electron chi connectivity index (χ0n) is 8.75. The summed E-state index contributed by atoms with van der Waals surface area (Å²) in [7, 11) is 0. The highest BCUT2D eigenvalue weighted by molar-refractivity contribution is 5.82. The van der Waals surface area contributed by atoms with Crippen molar-refractivity contribution in [2.75, 3.05) is 0 Å². The van der Waals surface area contributed by atoms with E-state index in [0.29, 0.717) is 0 Å². The van der Waals surface area contributed by atoms with Crippen LogP contribution in [-0.4, -0.2) is 33.4 Å². The lowest BCUT2D eigenvalue weighted by Crippen LogP contribution is -2.44. The number of hydrogen-bond donors (Lipinski definition) is 3. The largest absolute Gasteiger partial charge is 0.451 e. The molecule has 0 saturated heterocycles. The Hall–Kier alpha value is -1.17. The molecule has 0 aliphatic heterocycles. The molecule has 5 heteroatoms. The van der Waals surface area contributed by atoms with Gasteiger partial charge in [-0.3, -0.25) is 0 Å². The molecule has 0 aliphatic rings. The SMILES string of the molecule is C/C=C/C=C/C(=O)OC(CC)C(O)(O)O. The van der Waals surface area contributed by atoms with E-state index in [9.17, 15) is 4.79 Å². The summed E-state index contributed by atoms with van der Waals surface area (Å²) in [6.45, 7) is 3.33. The second kappa shape index (κ2) is 6.34. The standard InChI is InChI=1S/C10H16O5/c1-3-5-6-7-9(11)15-8(4-2)10(12,13)14/h3,5-8,12-14H,4H2,1-2H3/b5-3+,7-6+. The Bertz CT molecular complexity index is 249. The second-order valence-corrected chi connectivity index (χ2v) is 2.91. The monoisotopic (exact) mass is 216 g/mol. The van der Waals surface area contributed by atoms with E-state index >= 15 is 0 Å². The molecule has 0 fully saturated rings. The van der Waals surface area contributed by atoms with Crippen molar-refractivity contribution in [3.05, 3.63) is 24.3 Å². The van der Waals surface area contributed by atoms with Gasteiger partial charge in [0.1, 0.15) is 0 Å². The van der Waals surface area contributed by atoms with E-state index in [2.05, 4.69) is 4.74 Å². The van der Waals surface area contributed by atoms with Crippen molar-refractivity contribution < 1.29 is 24.9 Å². The molecule has 5 nitrogen and oxygen atoms in total. The van der Waals surface area contributed by atoms with E-state index in [1.807, 2.05) is 0 Å². The lowest BCUT2D eigenvalue weighted by molar-refractivity contribution is -0.355. The minimum Gasteiger partial charge on any atom is -0.451 e. The lowest BCUT2D eigenvalue weighted by Gasteiger charge is -2.23. The zero-order chi connectivity index (χ0) is 11.9. The van der Waals surface area contributed by atoms with Crippen molar-refractivity contribution in [1.82, 2.24) is 0 Å². The van der Waals surface area contributed by atoms with Gasteiger partial charge in [-0.25, -0.2) is 4.79 Å². The van der Waals surface area contributed by atoms with Crippen LogP contribution in [0.1, 0.15) is 20.3 Å². The average molecular weight is 216 g/mol. The molecule has 86 valence electrons. The van der Waals surface area contributed by atoms with Gasteiger partial charge in [0, 0.05) is 6.08 Å². The first kappa shape index (κ1) is 13.8. The van der Waals surface area contributed by atoms with E-state index in [1.54, 1.807) is 26.0 Å². The molecule has 15 heavy (non-hydrogen) atoms. The van der Waals surface area contributed by atoms with Crippen molar-refractivity contribution in [3.63, 3.8) is 0 Å². The minimum atomic E-state index is -3.00. The third kappa shape index (κ3) is 6.01. The van der Waals surface area contributed by atoms with Gasteiger partial charge in [0.25, 0.3) is 0 Å². The Morgan fingerprint density at radius 2 is 2.00 bits per heavy atom. The van der Waals surface area contributed by atoms with Crippen LogP contribution in [0, 0.1) is 0 Å². The minimum absolute atomic E-state index is 0.0900. The van der Waals surface area contributed by atoms with Gasteiger partial charge in [0.05, 0.1) is 0 Å². The third-order valence-electron chi connectivity index (χ3n) is 1.60. The van der Waals surface area contributed by atoms with Crippen LogP contribution in [0.15, 0.2) is 24.3 Å². The van der Waals surface area contributed by atoms with E-state index in [-0.39, 0.29) is 6.42 Å². The smallest absolute Gasteiger partial charge is 0.331 e. The van der Waals surface area contributed by atoms with Crippen LogP contribution < -0.4 is 0 Å². The normalized spacial score (nSPS) is 14.7. The zero-order valence-corrected chi connectivity index (χ0v) is 8.75. The van der Waals surface area contributed by atoms with Crippen molar-refractivity contribution in [2.45, 2.75) is 32.3 Å². The highest BCUT2D eigenvalue weighted by atomic mass is 16.7. The van der Waals surface area contributed by atoms with E-state index < -0.39 is 18.0 Å². The summed E-state index contributed by atoms with van der Waals surface area (Å²) in [5.41, 5.74) is 0. The van der Waals surface area contributed by atoms with Crippen LogP contribution in [0.2, 0.25) is 0 Å². The molecule has 3 N–H and O–H groups in total. The Labute approximate surface area is 88.3 Å². The predicted molar refractivity (Wildman–Crippen MR) is 53.5 cm³/mol. The van der Waals surface area contributed by atoms with Gasteiger partial charge in [0.2, 0.25) is 0 Å². The van der Waals surface area contributed by atoms with Crippen molar-refractivity contribution >= 4 is 5.97 Å². The van der Waals surface area contributed by atoms with Crippen LogP contribution in [0.25, 0.3) is 0 Å². The third-order valence-corrected chi connectivity index (χ3v) is 1.60. The second-order valence-electron chi connectivity index (χ2n) is 2.91. The lowest BCUT2D eigenvalue weighted by atomic mass is 10.2. The van der Waals surface area contributed by atoms with E-state index in [0.717, 1.165) is 6.08 Å². The Morgan fingerprint density at radius 1 is 1.40 bits per heavy atom. The predicted octanol–water partition coefficient (Wildman–Crippen LogP) is 0.0712. The molecule has 0 aromatic carbocycles. The maximum Gasteiger partial charge on any atom is 0.331 e. The molecule has 0 amide bonds. The molecule has 1 atom stereocenters. The Morgan fingerprint density at radius 3 is 2.40 bits per heavy atom. The number of aliphatic hydroxyl groups is 3. The molecule has 0 saturated carbocycles. The van der Waals surface area contributed by atoms with Crippen LogP contribution in [0.3, 0.4) is 0 Å². The number of allylic oxidation sites excluding steroid dienone is 3. The molecule has 0 aromatic heterocycles. The first-order chi connectivity index (χ1) is 6.91. The number of ether oxygens (including phenoxy) is 1. The summed E-state index contributed by atoms with van der Waals surface area (Å²) >= 11 is 0. The van der Waals surface area contributed by atoms with Crippen molar-refractivity contribution in [2.24, 2.45) is 0 Å². The average Bonchev–Trinajstić information content (AvgIpc) is 2.12. The fourth-order valence-corrected chi connectivity index (χ4v) is 0.861. The van der Waals surface area contributed by atoms with Gasteiger partial charge in [-0.2, -0.15) is 0 Å². The molecule has 0 aromatic rings. The number of rotatable bonds is 5. The molecule has 0 heterocycles. The maximum atomic E-state index is 11.1. The summed E-state index contributed by atoms with van der Waals surface area (Å²) in [6.07, 6.45) is 4.63. The van der Waals surface area contributed by atoms with Gasteiger partial charge in [0.15, 0.2) is 6.10 Å². The summed E-state index contributed by atoms with van der Waals surface area (Å²) in [4.78, 5) is 11.1. The van der Waals surface area contributed by atoms with Crippen molar-refractivity contribution in [1.29, 1.82) is 0 Å². The molecule has 0 spiro atoms. The summed E-state index contributed by atoms with van der Waals surface area (Å²) in [5.74, 6) is -3.75. The van der Waals surface area contributed by atoms with Gasteiger partial charge in [-0.15, -0.1) is 0 Å². The van der Waals surface area contributed by atoms with Crippen LogP contribution in [0.4, 0.5) is 0 Å².